The van der Waals surface area contributed by atoms with E-state index in [4.69, 9.17) is 23.2 Å². The fraction of sp³-hybridized carbons (Fsp3) is 0.550. The molecule has 25 heavy (non-hydrogen) atoms. The van der Waals surface area contributed by atoms with Crippen molar-refractivity contribution in [3.05, 3.63) is 46.1 Å². The van der Waals surface area contributed by atoms with E-state index in [-0.39, 0.29) is 5.54 Å². The third-order valence-electron chi connectivity index (χ3n) is 5.55. The van der Waals surface area contributed by atoms with Crippen LogP contribution in [0.4, 0.5) is 0 Å². The molecule has 2 rings (SSSR count). The Bertz CT molecular complexity index is 626. The van der Waals surface area contributed by atoms with Gasteiger partial charge >= 0.3 is 0 Å². The highest BCUT2D eigenvalue weighted by Crippen LogP contribution is 2.31. The molecule has 1 fully saturated rings. The van der Waals surface area contributed by atoms with E-state index in [1.807, 2.05) is 12.1 Å². The molecule has 0 spiro atoms. The third kappa shape index (κ3) is 4.99. The van der Waals surface area contributed by atoms with Gasteiger partial charge in [-0.2, -0.15) is 0 Å². The molecular weight excluding hydrogens is 355 g/mol. The van der Waals surface area contributed by atoms with Crippen LogP contribution in [0.15, 0.2) is 30.5 Å². The summed E-state index contributed by atoms with van der Waals surface area (Å²) in [6, 6.07) is 5.60. The highest BCUT2D eigenvalue weighted by Gasteiger charge is 2.32. The Hall–Kier alpha value is -1.03. The first-order chi connectivity index (χ1) is 11.8. The summed E-state index contributed by atoms with van der Waals surface area (Å²) in [4.78, 5) is 15.6. The number of carbonyl (C=O) groups is 1. The minimum Gasteiger partial charge on any atom is -0.317 e. The molecule has 5 heteroatoms. The first-order valence-corrected chi connectivity index (χ1v) is 9.57. The van der Waals surface area contributed by atoms with Gasteiger partial charge in [0.25, 0.3) is 0 Å². The topological polar surface area (TPSA) is 23.6 Å². The maximum absolute atomic E-state index is 11.6. The van der Waals surface area contributed by atoms with Crippen LogP contribution < -0.4 is 0 Å². The number of rotatable bonds is 9. The van der Waals surface area contributed by atoms with Gasteiger partial charge in [-0.1, -0.05) is 42.3 Å². The SMILES string of the molecule is C=C(N(C=O)CC1CCC1)C(C)(C)N(C)CCc1ccc(Cl)cc1Cl. The number of amides is 1. The lowest BCUT2D eigenvalue weighted by atomic mass is 9.84. The number of carbonyl (C=O) groups excluding carboxylic acids is 1. The van der Waals surface area contributed by atoms with Crippen molar-refractivity contribution in [1.29, 1.82) is 0 Å². The summed E-state index contributed by atoms with van der Waals surface area (Å²) in [7, 11) is 2.06. The van der Waals surface area contributed by atoms with Crippen LogP contribution in [-0.4, -0.2) is 41.9 Å². The van der Waals surface area contributed by atoms with E-state index in [9.17, 15) is 4.79 Å². The van der Waals surface area contributed by atoms with Crippen LogP contribution in [0.2, 0.25) is 10.0 Å². The third-order valence-corrected chi connectivity index (χ3v) is 6.13. The monoisotopic (exact) mass is 382 g/mol. The van der Waals surface area contributed by atoms with Crippen molar-refractivity contribution in [2.24, 2.45) is 5.92 Å². The van der Waals surface area contributed by atoms with Crippen molar-refractivity contribution in [3.63, 3.8) is 0 Å². The van der Waals surface area contributed by atoms with Crippen molar-refractivity contribution >= 4 is 29.6 Å². The number of hydrogen-bond acceptors (Lipinski definition) is 2. The molecule has 1 amide bonds. The lowest BCUT2D eigenvalue weighted by Gasteiger charge is -2.42. The molecule has 0 saturated heterocycles. The fourth-order valence-corrected chi connectivity index (χ4v) is 3.54. The molecule has 1 aliphatic carbocycles. The average Bonchev–Trinajstić information content (AvgIpc) is 2.52. The standard InChI is InChI=1S/C20H28Cl2N2O/c1-15(24(14-25)13-16-6-5-7-16)20(2,3)23(4)11-10-17-8-9-18(21)12-19(17)22/h8-9,12,14,16H,1,5-7,10-11,13H2,2-4H3. The second kappa shape index (κ2) is 8.57. The van der Waals surface area contributed by atoms with Crippen LogP contribution in [0, 0.1) is 5.92 Å². The average molecular weight is 383 g/mol. The number of likely N-dealkylation sites (N-methyl/N-ethyl adjacent to an activating group) is 1. The first kappa shape index (κ1) is 20.3. The van der Waals surface area contributed by atoms with Crippen LogP contribution in [0.25, 0.3) is 0 Å². The maximum atomic E-state index is 11.6. The molecule has 0 N–H and O–H groups in total. The van der Waals surface area contributed by atoms with E-state index in [0.717, 1.165) is 37.2 Å². The zero-order valence-electron chi connectivity index (χ0n) is 15.4. The number of hydrogen-bond donors (Lipinski definition) is 0. The van der Waals surface area contributed by atoms with Crippen molar-refractivity contribution in [1.82, 2.24) is 9.80 Å². The summed E-state index contributed by atoms with van der Waals surface area (Å²) >= 11 is 12.2. The van der Waals surface area contributed by atoms with Gasteiger partial charge in [0, 0.05) is 28.8 Å². The summed E-state index contributed by atoms with van der Waals surface area (Å²) < 4.78 is 0. The minimum atomic E-state index is -0.316. The van der Waals surface area contributed by atoms with Gasteiger partial charge in [-0.3, -0.25) is 9.69 Å². The van der Waals surface area contributed by atoms with Gasteiger partial charge < -0.3 is 4.90 Å². The molecular formula is C20H28Cl2N2O. The smallest absolute Gasteiger partial charge is 0.213 e. The zero-order valence-corrected chi connectivity index (χ0v) is 16.9. The Morgan fingerprint density at radius 3 is 2.56 bits per heavy atom. The molecule has 0 aliphatic heterocycles. The summed E-state index contributed by atoms with van der Waals surface area (Å²) in [6.07, 6.45) is 5.43. The Kier molecular flexibility index (Phi) is 6.95. The minimum absolute atomic E-state index is 0.316. The highest BCUT2D eigenvalue weighted by atomic mass is 35.5. The highest BCUT2D eigenvalue weighted by molar-refractivity contribution is 6.35. The van der Waals surface area contributed by atoms with Crippen molar-refractivity contribution < 1.29 is 4.79 Å². The summed E-state index contributed by atoms with van der Waals surface area (Å²) in [5.74, 6) is 0.621. The molecule has 0 atom stereocenters. The van der Waals surface area contributed by atoms with Gasteiger partial charge in [-0.25, -0.2) is 0 Å². The molecule has 0 aromatic heterocycles. The Morgan fingerprint density at radius 2 is 2.04 bits per heavy atom. The Balaban J connectivity index is 1.98. The van der Waals surface area contributed by atoms with Gasteiger partial charge in [0.15, 0.2) is 0 Å². The predicted octanol–water partition coefficient (Wildman–Crippen LogP) is 5.02. The second-order valence-electron chi connectivity index (χ2n) is 7.47. The molecule has 0 heterocycles. The Labute approximate surface area is 161 Å². The molecule has 138 valence electrons. The molecule has 0 radical (unpaired) electrons. The predicted molar refractivity (Wildman–Crippen MR) is 106 cm³/mol. The van der Waals surface area contributed by atoms with Gasteiger partial charge in [-0.15, -0.1) is 0 Å². The fourth-order valence-electron chi connectivity index (χ4n) is 3.03. The van der Waals surface area contributed by atoms with Crippen LogP contribution in [0.1, 0.15) is 38.7 Å². The molecule has 1 aromatic rings. The molecule has 0 bridgehead atoms. The van der Waals surface area contributed by atoms with Crippen LogP contribution in [0.5, 0.6) is 0 Å². The number of benzene rings is 1. The van der Waals surface area contributed by atoms with Crippen molar-refractivity contribution in [3.8, 4) is 0 Å². The lowest BCUT2D eigenvalue weighted by Crippen LogP contribution is -2.49. The molecule has 1 aromatic carbocycles. The van der Waals surface area contributed by atoms with Crippen molar-refractivity contribution in [2.75, 3.05) is 20.1 Å². The first-order valence-electron chi connectivity index (χ1n) is 8.82. The van der Waals surface area contributed by atoms with E-state index in [0.29, 0.717) is 16.0 Å². The van der Waals surface area contributed by atoms with E-state index < -0.39 is 0 Å². The van der Waals surface area contributed by atoms with E-state index in [1.165, 1.54) is 19.3 Å². The van der Waals surface area contributed by atoms with Gasteiger partial charge in [0.05, 0.1) is 5.54 Å². The molecule has 3 nitrogen and oxygen atoms in total. The molecule has 1 aliphatic rings. The van der Waals surface area contributed by atoms with Crippen LogP contribution >= 0.6 is 23.2 Å². The lowest BCUT2D eigenvalue weighted by molar-refractivity contribution is -0.118. The maximum Gasteiger partial charge on any atom is 0.213 e. The van der Waals surface area contributed by atoms with Crippen LogP contribution in [0.3, 0.4) is 0 Å². The van der Waals surface area contributed by atoms with E-state index >= 15 is 0 Å². The molecule has 0 unspecified atom stereocenters. The quantitative estimate of drug-likeness (QED) is 0.559. The van der Waals surface area contributed by atoms with E-state index in [1.54, 1.807) is 11.0 Å². The van der Waals surface area contributed by atoms with Gasteiger partial charge in [0.2, 0.25) is 6.41 Å². The van der Waals surface area contributed by atoms with Crippen LogP contribution in [-0.2, 0) is 11.2 Å². The summed E-state index contributed by atoms with van der Waals surface area (Å²) in [6.45, 7) is 10.0. The second-order valence-corrected chi connectivity index (χ2v) is 8.31. The zero-order chi connectivity index (χ0) is 18.6. The summed E-state index contributed by atoms with van der Waals surface area (Å²) in [5, 5.41) is 1.34. The number of nitrogens with zero attached hydrogens (tertiary/aromatic N) is 2. The molecule has 1 saturated carbocycles. The van der Waals surface area contributed by atoms with Gasteiger partial charge in [-0.05, 0) is 63.8 Å². The number of halogens is 2. The largest absolute Gasteiger partial charge is 0.317 e. The Morgan fingerprint density at radius 1 is 1.36 bits per heavy atom. The normalized spacial score (nSPS) is 15.1. The van der Waals surface area contributed by atoms with E-state index in [2.05, 4.69) is 32.4 Å². The van der Waals surface area contributed by atoms with Crippen molar-refractivity contribution in [2.45, 2.75) is 45.1 Å². The van der Waals surface area contributed by atoms with Gasteiger partial charge in [0.1, 0.15) is 0 Å². The summed E-state index contributed by atoms with van der Waals surface area (Å²) in [5.41, 5.74) is 1.60.